The summed E-state index contributed by atoms with van der Waals surface area (Å²) in [5.41, 5.74) is -0.504. The Labute approximate surface area is 95.9 Å². The van der Waals surface area contributed by atoms with Crippen molar-refractivity contribution in [1.82, 2.24) is 4.98 Å². The monoisotopic (exact) mass is 222 g/mol. The average Bonchev–Trinajstić information content (AvgIpc) is 2.26. The highest BCUT2D eigenvalue weighted by Crippen LogP contribution is 2.30. The van der Waals surface area contributed by atoms with Crippen LogP contribution in [0.1, 0.15) is 19.8 Å². The van der Waals surface area contributed by atoms with Gasteiger partial charge in [0.1, 0.15) is 11.6 Å². The molecule has 1 aliphatic heterocycles. The molecule has 2 rings (SSSR count). The van der Waals surface area contributed by atoms with E-state index >= 15 is 0 Å². The SMILES string of the molecule is CCCC1(O)CN(c2ccc(OC)cn2)C1. The van der Waals surface area contributed by atoms with Crippen LogP contribution in [-0.4, -0.2) is 35.9 Å². The van der Waals surface area contributed by atoms with Crippen LogP contribution < -0.4 is 9.64 Å². The average molecular weight is 222 g/mol. The summed E-state index contributed by atoms with van der Waals surface area (Å²) in [6.07, 6.45) is 3.58. The molecule has 0 aromatic carbocycles. The maximum absolute atomic E-state index is 10.0. The van der Waals surface area contributed by atoms with Crippen LogP contribution >= 0.6 is 0 Å². The number of pyridine rings is 1. The first-order chi connectivity index (χ1) is 7.67. The van der Waals surface area contributed by atoms with Gasteiger partial charge in [-0.2, -0.15) is 0 Å². The van der Waals surface area contributed by atoms with E-state index in [1.165, 1.54) is 0 Å². The number of aliphatic hydroxyl groups is 1. The molecule has 1 aromatic heterocycles. The summed E-state index contributed by atoms with van der Waals surface area (Å²) in [5.74, 6) is 1.66. The molecule has 0 bridgehead atoms. The highest BCUT2D eigenvalue weighted by molar-refractivity contribution is 5.45. The van der Waals surface area contributed by atoms with E-state index in [4.69, 9.17) is 4.74 Å². The lowest BCUT2D eigenvalue weighted by Crippen LogP contribution is -2.62. The summed E-state index contributed by atoms with van der Waals surface area (Å²) in [5, 5.41) is 10.0. The number of hydrogen-bond acceptors (Lipinski definition) is 4. The van der Waals surface area contributed by atoms with Gasteiger partial charge >= 0.3 is 0 Å². The zero-order chi connectivity index (χ0) is 11.6. The second-order valence-corrected chi connectivity index (χ2v) is 4.39. The molecule has 1 fully saturated rings. The lowest BCUT2D eigenvalue weighted by atomic mass is 9.89. The lowest BCUT2D eigenvalue weighted by Gasteiger charge is -2.47. The third-order valence-electron chi connectivity index (χ3n) is 2.97. The molecule has 0 aliphatic carbocycles. The van der Waals surface area contributed by atoms with Crippen molar-refractivity contribution in [3.05, 3.63) is 18.3 Å². The van der Waals surface area contributed by atoms with Crippen LogP contribution in [0.3, 0.4) is 0 Å². The molecule has 4 nitrogen and oxygen atoms in total. The number of aromatic nitrogens is 1. The minimum absolute atomic E-state index is 0.504. The Morgan fingerprint density at radius 2 is 2.25 bits per heavy atom. The topological polar surface area (TPSA) is 45.6 Å². The van der Waals surface area contributed by atoms with Crippen molar-refractivity contribution in [3.8, 4) is 5.75 Å². The van der Waals surface area contributed by atoms with E-state index in [-0.39, 0.29) is 0 Å². The molecule has 1 aromatic rings. The first kappa shape index (κ1) is 11.2. The Kier molecular flexibility index (Phi) is 3.01. The second kappa shape index (κ2) is 4.29. The molecular formula is C12H18N2O2. The standard InChI is InChI=1S/C12H18N2O2/c1-3-6-12(15)8-14(9-12)11-5-4-10(16-2)7-13-11/h4-5,7,15H,3,6,8-9H2,1-2H3. The molecule has 88 valence electrons. The first-order valence-electron chi connectivity index (χ1n) is 5.64. The van der Waals surface area contributed by atoms with Crippen molar-refractivity contribution in [3.63, 3.8) is 0 Å². The van der Waals surface area contributed by atoms with Crippen LogP contribution in [0, 0.1) is 0 Å². The van der Waals surface area contributed by atoms with Gasteiger partial charge in [-0.15, -0.1) is 0 Å². The molecule has 1 N–H and O–H groups in total. The van der Waals surface area contributed by atoms with Crippen LogP contribution in [0.25, 0.3) is 0 Å². The maximum atomic E-state index is 10.0. The van der Waals surface area contributed by atoms with E-state index in [1.54, 1.807) is 13.3 Å². The van der Waals surface area contributed by atoms with Crippen LogP contribution in [-0.2, 0) is 0 Å². The summed E-state index contributed by atoms with van der Waals surface area (Å²) in [6.45, 7) is 3.45. The molecule has 0 atom stereocenters. The van der Waals surface area contributed by atoms with Gasteiger partial charge in [-0.05, 0) is 18.6 Å². The van der Waals surface area contributed by atoms with Gasteiger partial charge in [-0.1, -0.05) is 13.3 Å². The third-order valence-corrected chi connectivity index (χ3v) is 2.97. The van der Waals surface area contributed by atoms with Crippen LogP contribution in [0.2, 0.25) is 0 Å². The zero-order valence-electron chi connectivity index (χ0n) is 9.81. The van der Waals surface area contributed by atoms with Crippen molar-refractivity contribution in [2.75, 3.05) is 25.1 Å². The number of nitrogens with zero attached hydrogens (tertiary/aromatic N) is 2. The Morgan fingerprint density at radius 1 is 1.50 bits per heavy atom. The van der Waals surface area contributed by atoms with Gasteiger partial charge in [0.05, 0.1) is 18.9 Å². The molecule has 0 unspecified atom stereocenters. The highest BCUT2D eigenvalue weighted by atomic mass is 16.5. The Bertz CT molecular complexity index is 345. The first-order valence-corrected chi connectivity index (χ1v) is 5.64. The molecule has 0 spiro atoms. The fourth-order valence-electron chi connectivity index (χ4n) is 2.13. The smallest absolute Gasteiger partial charge is 0.137 e. The van der Waals surface area contributed by atoms with Gasteiger partial charge in [0.2, 0.25) is 0 Å². The number of β-amino-alcohol motifs (C(OH)–C–C–N with tert-alkyl or cyclic N) is 1. The molecule has 0 amide bonds. The van der Waals surface area contributed by atoms with Gasteiger partial charge in [0, 0.05) is 13.1 Å². The number of anilines is 1. The molecule has 1 aliphatic rings. The van der Waals surface area contributed by atoms with Gasteiger partial charge < -0.3 is 14.7 Å². The molecule has 4 heteroatoms. The minimum atomic E-state index is -0.504. The van der Waals surface area contributed by atoms with Gasteiger partial charge in [0.25, 0.3) is 0 Å². The maximum Gasteiger partial charge on any atom is 0.137 e. The van der Waals surface area contributed by atoms with E-state index in [1.807, 2.05) is 12.1 Å². The zero-order valence-corrected chi connectivity index (χ0v) is 9.81. The van der Waals surface area contributed by atoms with Crippen LogP contribution in [0.15, 0.2) is 18.3 Å². The summed E-state index contributed by atoms with van der Waals surface area (Å²) in [7, 11) is 1.63. The van der Waals surface area contributed by atoms with E-state index in [0.717, 1.165) is 24.4 Å². The Morgan fingerprint density at radius 3 is 2.75 bits per heavy atom. The fraction of sp³-hybridized carbons (Fsp3) is 0.583. The lowest BCUT2D eigenvalue weighted by molar-refractivity contribution is 0.00294. The number of methoxy groups -OCH3 is 1. The van der Waals surface area contributed by atoms with Crippen molar-refractivity contribution in [2.24, 2.45) is 0 Å². The summed E-state index contributed by atoms with van der Waals surface area (Å²) >= 11 is 0. The van der Waals surface area contributed by atoms with Crippen molar-refractivity contribution in [2.45, 2.75) is 25.4 Å². The Hall–Kier alpha value is -1.29. The van der Waals surface area contributed by atoms with Crippen LogP contribution in [0.5, 0.6) is 5.75 Å². The quantitative estimate of drug-likeness (QED) is 0.837. The second-order valence-electron chi connectivity index (χ2n) is 4.39. The predicted octanol–water partition coefficient (Wildman–Crippen LogP) is 1.44. The predicted molar refractivity (Wildman–Crippen MR) is 62.9 cm³/mol. The summed E-state index contributed by atoms with van der Waals surface area (Å²) in [6, 6.07) is 3.81. The molecule has 2 heterocycles. The van der Waals surface area contributed by atoms with Crippen LogP contribution in [0.4, 0.5) is 5.82 Å². The molecule has 0 radical (unpaired) electrons. The Balaban J connectivity index is 1.95. The molecular weight excluding hydrogens is 204 g/mol. The van der Waals surface area contributed by atoms with E-state index in [2.05, 4.69) is 16.8 Å². The minimum Gasteiger partial charge on any atom is -0.495 e. The van der Waals surface area contributed by atoms with Gasteiger partial charge in [-0.25, -0.2) is 4.98 Å². The van der Waals surface area contributed by atoms with Gasteiger partial charge in [-0.3, -0.25) is 0 Å². The molecule has 16 heavy (non-hydrogen) atoms. The highest BCUT2D eigenvalue weighted by Gasteiger charge is 2.40. The molecule has 1 saturated heterocycles. The van der Waals surface area contributed by atoms with Crippen molar-refractivity contribution >= 4 is 5.82 Å². The number of ether oxygens (including phenoxy) is 1. The van der Waals surface area contributed by atoms with Crippen molar-refractivity contribution in [1.29, 1.82) is 0 Å². The van der Waals surface area contributed by atoms with E-state index < -0.39 is 5.60 Å². The number of rotatable bonds is 4. The van der Waals surface area contributed by atoms with E-state index in [9.17, 15) is 5.11 Å². The fourth-order valence-corrected chi connectivity index (χ4v) is 2.13. The van der Waals surface area contributed by atoms with Crippen molar-refractivity contribution < 1.29 is 9.84 Å². The largest absolute Gasteiger partial charge is 0.495 e. The number of hydrogen-bond donors (Lipinski definition) is 1. The van der Waals surface area contributed by atoms with Gasteiger partial charge in [0.15, 0.2) is 0 Å². The third kappa shape index (κ3) is 2.11. The summed E-state index contributed by atoms with van der Waals surface area (Å²) < 4.78 is 5.05. The summed E-state index contributed by atoms with van der Waals surface area (Å²) in [4.78, 5) is 6.37. The normalized spacial score (nSPS) is 18.1. The van der Waals surface area contributed by atoms with E-state index in [0.29, 0.717) is 13.1 Å². The molecule has 0 saturated carbocycles.